The van der Waals surface area contributed by atoms with Gasteiger partial charge in [0.25, 0.3) is 0 Å². The van der Waals surface area contributed by atoms with E-state index in [1.807, 2.05) is 20.8 Å². The second-order valence-electron chi connectivity index (χ2n) is 8.04. The molecule has 0 unspecified atom stereocenters. The molecule has 7 heteroatoms. The van der Waals surface area contributed by atoms with Gasteiger partial charge in [0.15, 0.2) is 0 Å². The number of carbonyl (C=O) groups is 2. The number of aryl methyl sites for hydroxylation is 1. The first kappa shape index (κ1) is 23.2. The molecule has 0 radical (unpaired) electrons. The number of nitrogens with zero attached hydrogens (tertiary/aromatic N) is 1. The standard InChI is InChI=1S/C23H30N2O5/c1-13(2)12-29-17-8-9-18-16(7)19(22(27)30-20(18)10-17)11-21(26)25(15(5)6)23(28)24-14(3)4/h8-10,14-15H,1,11-12H2,2-7H3,(H,24,28). The van der Waals surface area contributed by atoms with Crippen molar-refractivity contribution in [3.05, 3.63) is 51.9 Å². The van der Waals surface area contributed by atoms with Crippen molar-refractivity contribution in [3.63, 3.8) is 0 Å². The molecule has 30 heavy (non-hydrogen) atoms. The number of hydrogen-bond acceptors (Lipinski definition) is 5. The van der Waals surface area contributed by atoms with Crippen molar-refractivity contribution in [2.45, 2.75) is 60.0 Å². The quantitative estimate of drug-likeness (QED) is 0.547. The Labute approximate surface area is 176 Å². The van der Waals surface area contributed by atoms with Crippen LogP contribution >= 0.6 is 0 Å². The van der Waals surface area contributed by atoms with Gasteiger partial charge in [0.2, 0.25) is 5.91 Å². The first-order valence-electron chi connectivity index (χ1n) is 9.97. The molecule has 162 valence electrons. The fourth-order valence-electron chi connectivity index (χ4n) is 3.06. The van der Waals surface area contributed by atoms with E-state index in [-0.39, 0.29) is 24.1 Å². The highest BCUT2D eigenvalue weighted by Gasteiger charge is 2.27. The van der Waals surface area contributed by atoms with Crippen molar-refractivity contribution >= 4 is 22.9 Å². The van der Waals surface area contributed by atoms with Crippen molar-refractivity contribution in [2.75, 3.05) is 6.61 Å². The monoisotopic (exact) mass is 414 g/mol. The fraction of sp³-hybridized carbons (Fsp3) is 0.435. The van der Waals surface area contributed by atoms with Crippen molar-refractivity contribution in [3.8, 4) is 5.75 Å². The Morgan fingerprint density at radius 2 is 1.90 bits per heavy atom. The summed E-state index contributed by atoms with van der Waals surface area (Å²) in [5.74, 6) is 0.104. The predicted molar refractivity (Wildman–Crippen MR) is 117 cm³/mol. The molecule has 0 saturated heterocycles. The lowest BCUT2D eigenvalue weighted by Crippen LogP contribution is -2.50. The van der Waals surface area contributed by atoms with Gasteiger partial charge in [0.05, 0.1) is 12.0 Å². The molecule has 0 aliphatic rings. The zero-order valence-electron chi connectivity index (χ0n) is 18.5. The average Bonchev–Trinajstić information content (AvgIpc) is 2.62. The van der Waals surface area contributed by atoms with Crippen LogP contribution in [0.15, 0.2) is 39.6 Å². The summed E-state index contributed by atoms with van der Waals surface area (Å²) in [4.78, 5) is 39.1. The van der Waals surface area contributed by atoms with Crippen LogP contribution in [0.1, 0.15) is 45.7 Å². The van der Waals surface area contributed by atoms with Gasteiger partial charge >= 0.3 is 11.7 Å². The van der Waals surface area contributed by atoms with Crippen LogP contribution in [-0.4, -0.2) is 35.5 Å². The molecule has 1 N–H and O–H groups in total. The maximum Gasteiger partial charge on any atom is 0.340 e. The highest BCUT2D eigenvalue weighted by molar-refractivity contribution is 5.96. The van der Waals surface area contributed by atoms with Crippen molar-refractivity contribution < 1.29 is 18.7 Å². The van der Waals surface area contributed by atoms with Gasteiger partial charge < -0.3 is 14.5 Å². The normalized spacial score (nSPS) is 11.1. The van der Waals surface area contributed by atoms with E-state index in [0.29, 0.717) is 28.9 Å². The number of hydrogen-bond donors (Lipinski definition) is 1. The molecular formula is C23H30N2O5. The predicted octanol–water partition coefficient (Wildman–Crippen LogP) is 3.95. The van der Waals surface area contributed by atoms with Crippen LogP contribution in [0.25, 0.3) is 11.0 Å². The van der Waals surface area contributed by atoms with Crippen molar-refractivity contribution in [2.24, 2.45) is 0 Å². The summed E-state index contributed by atoms with van der Waals surface area (Å²) in [6.07, 6.45) is -0.221. The molecule has 0 aliphatic heterocycles. The molecule has 0 fully saturated rings. The zero-order chi connectivity index (χ0) is 22.6. The first-order valence-corrected chi connectivity index (χ1v) is 9.97. The van der Waals surface area contributed by atoms with Crippen LogP contribution in [0.5, 0.6) is 5.75 Å². The Balaban J connectivity index is 2.36. The summed E-state index contributed by atoms with van der Waals surface area (Å²) in [5.41, 5.74) is 1.54. The molecule has 0 bridgehead atoms. The fourth-order valence-corrected chi connectivity index (χ4v) is 3.06. The number of urea groups is 1. The lowest BCUT2D eigenvalue weighted by atomic mass is 10.0. The van der Waals surface area contributed by atoms with Crippen LogP contribution < -0.4 is 15.7 Å². The molecule has 0 spiro atoms. The van der Waals surface area contributed by atoms with E-state index in [2.05, 4.69) is 11.9 Å². The lowest BCUT2D eigenvalue weighted by Gasteiger charge is -2.26. The molecule has 0 aliphatic carbocycles. The minimum atomic E-state index is -0.599. The topological polar surface area (TPSA) is 88.9 Å². The van der Waals surface area contributed by atoms with E-state index in [0.717, 1.165) is 10.5 Å². The van der Waals surface area contributed by atoms with E-state index in [1.54, 1.807) is 39.0 Å². The largest absolute Gasteiger partial charge is 0.489 e. The smallest absolute Gasteiger partial charge is 0.340 e. The summed E-state index contributed by atoms with van der Waals surface area (Å²) >= 11 is 0. The minimum Gasteiger partial charge on any atom is -0.489 e. The summed E-state index contributed by atoms with van der Waals surface area (Å²) in [5, 5.41) is 3.43. The van der Waals surface area contributed by atoms with Crippen LogP contribution in [0, 0.1) is 6.92 Å². The molecule has 2 aromatic rings. The average molecular weight is 415 g/mol. The summed E-state index contributed by atoms with van der Waals surface area (Å²) in [6.45, 7) is 14.9. The number of benzene rings is 1. The van der Waals surface area contributed by atoms with Crippen LogP contribution in [-0.2, 0) is 11.2 Å². The summed E-state index contributed by atoms with van der Waals surface area (Å²) < 4.78 is 11.1. The molecular weight excluding hydrogens is 384 g/mol. The molecule has 0 saturated carbocycles. The van der Waals surface area contributed by atoms with Crippen molar-refractivity contribution in [1.29, 1.82) is 0 Å². The van der Waals surface area contributed by atoms with E-state index >= 15 is 0 Å². The second-order valence-corrected chi connectivity index (χ2v) is 8.04. The molecule has 1 heterocycles. The second kappa shape index (κ2) is 9.61. The Morgan fingerprint density at radius 1 is 1.23 bits per heavy atom. The molecule has 1 aromatic heterocycles. The molecule has 7 nitrogen and oxygen atoms in total. The van der Waals surface area contributed by atoms with Gasteiger partial charge in [-0.2, -0.15) is 0 Å². The third kappa shape index (κ3) is 5.49. The van der Waals surface area contributed by atoms with Crippen LogP contribution in [0.3, 0.4) is 0 Å². The van der Waals surface area contributed by atoms with Crippen LogP contribution in [0.2, 0.25) is 0 Å². The Morgan fingerprint density at radius 3 is 2.47 bits per heavy atom. The van der Waals surface area contributed by atoms with Gasteiger partial charge in [-0.15, -0.1) is 0 Å². The Bertz CT molecular complexity index is 1020. The van der Waals surface area contributed by atoms with Gasteiger partial charge in [0.1, 0.15) is 17.9 Å². The lowest BCUT2D eigenvalue weighted by molar-refractivity contribution is -0.128. The number of amides is 3. The highest BCUT2D eigenvalue weighted by atomic mass is 16.5. The number of carbonyl (C=O) groups excluding carboxylic acids is 2. The maximum atomic E-state index is 12.9. The molecule has 2 rings (SSSR count). The van der Waals surface area contributed by atoms with Gasteiger partial charge in [0, 0.05) is 23.5 Å². The van der Waals surface area contributed by atoms with Gasteiger partial charge in [-0.1, -0.05) is 6.58 Å². The number of rotatable bonds is 7. The summed E-state index contributed by atoms with van der Waals surface area (Å²) in [6, 6.07) is 4.28. The summed E-state index contributed by atoms with van der Waals surface area (Å²) in [7, 11) is 0. The SMILES string of the molecule is C=C(C)COc1ccc2c(C)c(CC(=O)N(C(=O)NC(C)C)C(C)C)c(=O)oc2c1. The number of nitrogens with one attached hydrogen (secondary N) is 1. The number of imide groups is 1. The molecule has 0 atom stereocenters. The van der Waals surface area contributed by atoms with E-state index < -0.39 is 17.6 Å². The Kier molecular flexibility index (Phi) is 7.43. The molecule has 1 aromatic carbocycles. The van der Waals surface area contributed by atoms with Gasteiger partial charge in [-0.25, -0.2) is 9.59 Å². The van der Waals surface area contributed by atoms with E-state index in [9.17, 15) is 14.4 Å². The third-order valence-electron chi connectivity index (χ3n) is 4.49. The minimum absolute atomic E-state index is 0.111. The zero-order valence-corrected chi connectivity index (χ0v) is 18.5. The van der Waals surface area contributed by atoms with Crippen molar-refractivity contribution in [1.82, 2.24) is 10.2 Å². The maximum absolute atomic E-state index is 12.9. The first-order chi connectivity index (χ1) is 14.0. The van der Waals surface area contributed by atoms with E-state index in [4.69, 9.17) is 9.15 Å². The Hall–Kier alpha value is -3.09. The van der Waals surface area contributed by atoms with Gasteiger partial charge in [-0.05, 0) is 64.8 Å². The van der Waals surface area contributed by atoms with E-state index in [1.165, 1.54) is 0 Å². The molecule has 3 amide bonds. The number of fused-ring (bicyclic) bond motifs is 1. The van der Waals surface area contributed by atoms with Crippen LogP contribution in [0.4, 0.5) is 4.79 Å². The highest BCUT2D eigenvalue weighted by Crippen LogP contribution is 2.25. The third-order valence-corrected chi connectivity index (χ3v) is 4.49. The number of ether oxygens (including phenoxy) is 1. The van der Waals surface area contributed by atoms with Gasteiger partial charge in [-0.3, -0.25) is 9.69 Å².